The Morgan fingerprint density at radius 1 is 1.45 bits per heavy atom. The largest absolute Gasteiger partial charge is 0.545 e. The van der Waals surface area contributed by atoms with Crippen molar-refractivity contribution in [2.24, 2.45) is 0 Å². The number of hydrogen-bond acceptors (Lipinski definition) is 1. The molecule has 0 heterocycles. The van der Waals surface area contributed by atoms with E-state index in [0.717, 1.165) is 5.76 Å². The van der Waals surface area contributed by atoms with Gasteiger partial charge in [0, 0.05) is 0 Å². The predicted octanol–water partition coefficient (Wildman–Crippen LogP) is 3.07. The Kier molecular flexibility index (Phi) is 2.23. The standard InChI is InChI=1S/C9H16OSi/c1-8(7-9-5-6-9)10-11(2,3)4/h7H,1,5-6H2,2-4H3. The van der Waals surface area contributed by atoms with Gasteiger partial charge in [0.1, 0.15) is 0 Å². The lowest BCUT2D eigenvalue weighted by Crippen LogP contribution is -2.24. The van der Waals surface area contributed by atoms with Gasteiger partial charge < -0.3 is 4.43 Å². The molecule has 0 aromatic carbocycles. The summed E-state index contributed by atoms with van der Waals surface area (Å²) < 4.78 is 5.66. The molecule has 0 unspecified atom stereocenters. The average Bonchev–Trinajstić information content (AvgIpc) is 2.42. The summed E-state index contributed by atoms with van der Waals surface area (Å²) in [6, 6.07) is 0. The Morgan fingerprint density at radius 3 is 2.36 bits per heavy atom. The van der Waals surface area contributed by atoms with Crippen molar-refractivity contribution in [1.29, 1.82) is 0 Å². The number of rotatable bonds is 3. The fourth-order valence-corrected chi connectivity index (χ4v) is 1.71. The van der Waals surface area contributed by atoms with E-state index in [2.05, 4.69) is 32.3 Å². The zero-order valence-corrected chi connectivity index (χ0v) is 8.61. The molecule has 1 nitrogen and oxygen atoms in total. The minimum Gasteiger partial charge on any atom is -0.545 e. The van der Waals surface area contributed by atoms with Gasteiger partial charge in [0.25, 0.3) is 0 Å². The lowest BCUT2D eigenvalue weighted by molar-refractivity contribution is 0.444. The first-order valence-corrected chi connectivity index (χ1v) is 7.45. The summed E-state index contributed by atoms with van der Waals surface area (Å²) in [4.78, 5) is 0. The predicted molar refractivity (Wildman–Crippen MR) is 50.9 cm³/mol. The van der Waals surface area contributed by atoms with Gasteiger partial charge in [-0.25, -0.2) is 0 Å². The van der Waals surface area contributed by atoms with Crippen molar-refractivity contribution in [1.82, 2.24) is 0 Å². The molecule has 1 saturated carbocycles. The second-order valence-corrected chi connectivity index (χ2v) is 8.41. The van der Waals surface area contributed by atoms with E-state index >= 15 is 0 Å². The van der Waals surface area contributed by atoms with E-state index in [1.807, 2.05) is 0 Å². The van der Waals surface area contributed by atoms with E-state index in [0.29, 0.717) is 0 Å². The molecular formula is C9H16OSi. The summed E-state index contributed by atoms with van der Waals surface area (Å²) in [5.41, 5.74) is 1.48. The molecule has 62 valence electrons. The molecule has 0 bridgehead atoms. The summed E-state index contributed by atoms with van der Waals surface area (Å²) in [7, 11) is -1.40. The minimum absolute atomic E-state index is 0.858. The quantitative estimate of drug-likeness (QED) is 0.465. The van der Waals surface area contributed by atoms with E-state index in [-0.39, 0.29) is 0 Å². The van der Waals surface area contributed by atoms with Gasteiger partial charge in [-0.15, -0.1) is 0 Å². The van der Waals surface area contributed by atoms with Crippen LogP contribution in [0.2, 0.25) is 19.6 Å². The highest BCUT2D eigenvalue weighted by Crippen LogP contribution is 2.29. The Bertz CT molecular complexity index is 192. The van der Waals surface area contributed by atoms with Crippen LogP contribution in [0, 0.1) is 0 Å². The molecular weight excluding hydrogens is 152 g/mol. The summed E-state index contributed by atoms with van der Waals surface area (Å²) in [6.45, 7) is 10.4. The van der Waals surface area contributed by atoms with Gasteiger partial charge in [0.05, 0.1) is 5.76 Å². The minimum atomic E-state index is -1.40. The fourth-order valence-electron chi connectivity index (χ4n) is 0.867. The molecule has 0 spiro atoms. The van der Waals surface area contributed by atoms with Crippen molar-refractivity contribution < 1.29 is 4.43 Å². The van der Waals surface area contributed by atoms with Gasteiger partial charge in [0.15, 0.2) is 0 Å². The van der Waals surface area contributed by atoms with Crippen LogP contribution in [0.4, 0.5) is 0 Å². The Balaban J connectivity index is 2.37. The molecule has 2 heteroatoms. The molecule has 11 heavy (non-hydrogen) atoms. The van der Waals surface area contributed by atoms with Crippen LogP contribution in [0.5, 0.6) is 0 Å². The molecule has 0 aliphatic heterocycles. The third kappa shape index (κ3) is 4.04. The lowest BCUT2D eigenvalue weighted by atomic mass is 10.4. The molecule has 1 rings (SSSR count). The molecule has 1 aliphatic carbocycles. The third-order valence-corrected chi connectivity index (χ3v) is 2.22. The second kappa shape index (κ2) is 2.86. The van der Waals surface area contributed by atoms with Gasteiger partial charge >= 0.3 is 0 Å². The Labute approximate surface area is 69.9 Å². The van der Waals surface area contributed by atoms with Crippen molar-refractivity contribution in [2.75, 3.05) is 0 Å². The van der Waals surface area contributed by atoms with Gasteiger partial charge in [-0.2, -0.15) is 0 Å². The Morgan fingerprint density at radius 2 is 2.00 bits per heavy atom. The Hall–Kier alpha value is -0.503. The fraction of sp³-hybridized carbons (Fsp3) is 0.556. The van der Waals surface area contributed by atoms with Crippen LogP contribution in [0.1, 0.15) is 12.8 Å². The summed E-state index contributed by atoms with van der Waals surface area (Å²) in [6.07, 6.45) is 4.57. The average molecular weight is 168 g/mol. The van der Waals surface area contributed by atoms with Crippen LogP contribution in [0.15, 0.2) is 24.0 Å². The highest BCUT2D eigenvalue weighted by atomic mass is 28.4. The molecule has 0 aromatic rings. The van der Waals surface area contributed by atoms with E-state index in [1.54, 1.807) is 0 Å². The molecule has 0 radical (unpaired) electrons. The maximum Gasteiger partial charge on any atom is 0.242 e. The molecule has 1 fully saturated rings. The van der Waals surface area contributed by atoms with Crippen LogP contribution in [0.25, 0.3) is 0 Å². The first-order valence-electron chi connectivity index (χ1n) is 4.05. The number of hydrogen-bond donors (Lipinski definition) is 0. The van der Waals surface area contributed by atoms with E-state index < -0.39 is 8.32 Å². The normalized spacial score (nSPS) is 16.1. The van der Waals surface area contributed by atoms with E-state index in [9.17, 15) is 0 Å². The van der Waals surface area contributed by atoms with Crippen LogP contribution >= 0.6 is 0 Å². The van der Waals surface area contributed by atoms with Crippen LogP contribution < -0.4 is 0 Å². The maximum absolute atomic E-state index is 5.66. The molecule has 0 atom stereocenters. The molecule has 0 amide bonds. The summed E-state index contributed by atoms with van der Waals surface area (Å²) in [5, 5.41) is 0. The van der Waals surface area contributed by atoms with Gasteiger partial charge in [-0.05, 0) is 38.6 Å². The monoisotopic (exact) mass is 168 g/mol. The first-order chi connectivity index (χ1) is 4.97. The van der Waals surface area contributed by atoms with E-state index in [1.165, 1.54) is 18.4 Å². The number of allylic oxidation sites excluding steroid dienone is 2. The zero-order valence-electron chi connectivity index (χ0n) is 7.61. The highest BCUT2D eigenvalue weighted by Gasteiger charge is 2.17. The SMILES string of the molecule is C=C(C=C1CC1)O[Si](C)(C)C. The molecule has 0 aromatic heterocycles. The second-order valence-electron chi connectivity index (χ2n) is 3.98. The van der Waals surface area contributed by atoms with Crippen LogP contribution in [0.3, 0.4) is 0 Å². The van der Waals surface area contributed by atoms with Crippen LogP contribution in [-0.2, 0) is 4.43 Å². The van der Waals surface area contributed by atoms with Crippen molar-refractivity contribution in [3.8, 4) is 0 Å². The smallest absolute Gasteiger partial charge is 0.242 e. The molecule has 1 aliphatic rings. The van der Waals surface area contributed by atoms with Gasteiger partial charge in [0.2, 0.25) is 8.32 Å². The zero-order chi connectivity index (χ0) is 8.48. The summed E-state index contributed by atoms with van der Waals surface area (Å²) in [5.74, 6) is 0.858. The van der Waals surface area contributed by atoms with Crippen molar-refractivity contribution in [3.63, 3.8) is 0 Å². The molecule has 0 saturated heterocycles. The third-order valence-electron chi connectivity index (χ3n) is 1.34. The topological polar surface area (TPSA) is 9.23 Å². The van der Waals surface area contributed by atoms with E-state index in [4.69, 9.17) is 4.43 Å². The molecule has 0 N–H and O–H groups in total. The van der Waals surface area contributed by atoms with Crippen molar-refractivity contribution >= 4 is 8.32 Å². The van der Waals surface area contributed by atoms with Crippen molar-refractivity contribution in [3.05, 3.63) is 24.0 Å². The lowest BCUT2D eigenvalue weighted by Gasteiger charge is -2.18. The van der Waals surface area contributed by atoms with Crippen molar-refractivity contribution in [2.45, 2.75) is 32.5 Å². The van der Waals surface area contributed by atoms with Gasteiger partial charge in [-0.1, -0.05) is 12.2 Å². The first kappa shape index (κ1) is 8.59. The van der Waals surface area contributed by atoms with Crippen LogP contribution in [-0.4, -0.2) is 8.32 Å². The highest BCUT2D eigenvalue weighted by molar-refractivity contribution is 6.70. The maximum atomic E-state index is 5.66. The van der Waals surface area contributed by atoms with Gasteiger partial charge in [-0.3, -0.25) is 0 Å². The summed E-state index contributed by atoms with van der Waals surface area (Å²) >= 11 is 0.